The summed E-state index contributed by atoms with van der Waals surface area (Å²) in [4.78, 5) is 16.0. The van der Waals surface area contributed by atoms with Crippen LogP contribution in [0.2, 0.25) is 0 Å². The van der Waals surface area contributed by atoms with Crippen LogP contribution in [0.3, 0.4) is 0 Å². The third-order valence-corrected chi connectivity index (χ3v) is 4.30. The number of hydrogen-bond donors (Lipinski definition) is 1. The van der Waals surface area contributed by atoms with Crippen LogP contribution in [0, 0.1) is 0 Å². The smallest absolute Gasteiger partial charge is 0.317 e. The molecule has 128 valence electrons. The van der Waals surface area contributed by atoms with Crippen LogP contribution < -0.4 is 10.2 Å². The molecule has 1 N–H and O–H groups in total. The number of amides is 2. The Balaban J connectivity index is 1.52. The Hall–Kier alpha value is -2.57. The van der Waals surface area contributed by atoms with E-state index in [-0.39, 0.29) is 6.03 Å². The van der Waals surface area contributed by atoms with Gasteiger partial charge < -0.3 is 19.7 Å². The summed E-state index contributed by atoms with van der Waals surface area (Å²) in [5.74, 6) is 1.85. The zero-order chi connectivity index (χ0) is 17.1. The van der Waals surface area contributed by atoms with E-state index in [4.69, 9.17) is 0 Å². The summed E-state index contributed by atoms with van der Waals surface area (Å²) in [6.45, 7) is 1.93. The first-order chi connectivity index (χ1) is 11.5. The van der Waals surface area contributed by atoms with Gasteiger partial charge in [-0.25, -0.2) is 4.79 Å². The van der Waals surface area contributed by atoms with Crippen LogP contribution in [0.25, 0.3) is 0 Å². The number of rotatable bonds is 5. The minimum absolute atomic E-state index is 0.109. The van der Waals surface area contributed by atoms with E-state index in [1.165, 1.54) is 0 Å². The summed E-state index contributed by atoms with van der Waals surface area (Å²) < 4.78 is 2.10. The van der Waals surface area contributed by atoms with Gasteiger partial charge in [-0.2, -0.15) is 0 Å². The predicted molar refractivity (Wildman–Crippen MR) is 92.8 cm³/mol. The summed E-state index contributed by atoms with van der Waals surface area (Å²) in [7, 11) is 5.81. The van der Waals surface area contributed by atoms with Gasteiger partial charge in [-0.3, -0.25) is 0 Å². The summed E-state index contributed by atoms with van der Waals surface area (Å²) in [6, 6.07) is 8.10. The Labute approximate surface area is 142 Å². The first kappa shape index (κ1) is 16.3. The molecule has 24 heavy (non-hydrogen) atoms. The number of urea groups is 1. The maximum atomic E-state index is 12.3. The van der Waals surface area contributed by atoms with Gasteiger partial charge in [0, 0.05) is 46.3 Å². The molecule has 0 saturated carbocycles. The topological polar surface area (TPSA) is 66.3 Å². The highest BCUT2D eigenvalue weighted by Crippen LogP contribution is 2.15. The van der Waals surface area contributed by atoms with Crippen molar-refractivity contribution in [2.45, 2.75) is 32.5 Å². The molecular weight excluding hydrogens is 304 g/mol. The second-order valence-electron chi connectivity index (χ2n) is 6.36. The molecule has 1 aliphatic rings. The molecule has 0 aliphatic carbocycles. The molecule has 1 aliphatic heterocycles. The second-order valence-corrected chi connectivity index (χ2v) is 6.36. The van der Waals surface area contributed by atoms with Crippen molar-refractivity contribution in [1.29, 1.82) is 0 Å². The molecule has 2 aromatic rings. The van der Waals surface area contributed by atoms with Gasteiger partial charge in [-0.05, 0) is 24.1 Å². The molecule has 2 heterocycles. The van der Waals surface area contributed by atoms with Gasteiger partial charge in [-0.1, -0.05) is 12.1 Å². The van der Waals surface area contributed by atoms with E-state index in [1.807, 2.05) is 26.2 Å². The zero-order valence-electron chi connectivity index (χ0n) is 14.5. The van der Waals surface area contributed by atoms with E-state index < -0.39 is 0 Å². The van der Waals surface area contributed by atoms with Crippen LogP contribution in [0.4, 0.5) is 10.5 Å². The van der Waals surface area contributed by atoms with Gasteiger partial charge in [0.05, 0.1) is 6.54 Å². The largest absolute Gasteiger partial charge is 0.378 e. The molecule has 0 radical (unpaired) electrons. The Morgan fingerprint density at radius 2 is 1.96 bits per heavy atom. The fraction of sp³-hybridized carbons (Fsp3) is 0.471. The lowest BCUT2D eigenvalue weighted by Gasteiger charge is -2.19. The fourth-order valence-electron chi connectivity index (χ4n) is 2.88. The second kappa shape index (κ2) is 6.90. The first-order valence-corrected chi connectivity index (χ1v) is 8.21. The summed E-state index contributed by atoms with van der Waals surface area (Å²) in [5.41, 5.74) is 2.24. The van der Waals surface area contributed by atoms with E-state index in [9.17, 15) is 4.79 Å². The Kier molecular flexibility index (Phi) is 4.69. The number of nitrogens with zero attached hydrogens (tertiary/aromatic N) is 5. The van der Waals surface area contributed by atoms with Crippen molar-refractivity contribution in [3.63, 3.8) is 0 Å². The third kappa shape index (κ3) is 3.50. The molecule has 1 aromatic carbocycles. The average Bonchev–Trinajstić information content (AvgIpc) is 3.17. The van der Waals surface area contributed by atoms with Crippen LogP contribution in [0.5, 0.6) is 0 Å². The zero-order valence-corrected chi connectivity index (χ0v) is 14.5. The van der Waals surface area contributed by atoms with Crippen molar-refractivity contribution in [2.24, 2.45) is 0 Å². The lowest BCUT2D eigenvalue weighted by atomic mass is 10.2. The Bertz CT molecular complexity index is 706. The first-order valence-electron chi connectivity index (χ1n) is 8.21. The van der Waals surface area contributed by atoms with Crippen LogP contribution in [-0.2, 0) is 26.1 Å². The normalized spacial score (nSPS) is 12.8. The van der Waals surface area contributed by atoms with Gasteiger partial charge in [0.2, 0.25) is 0 Å². The molecule has 1 aromatic heterocycles. The number of nitrogens with one attached hydrogen (secondary N) is 1. The maximum absolute atomic E-state index is 12.3. The van der Waals surface area contributed by atoms with E-state index >= 15 is 0 Å². The van der Waals surface area contributed by atoms with Crippen molar-refractivity contribution in [2.75, 3.05) is 26.0 Å². The summed E-state index contributed by atoms with van der Waals surface area (Å²) in [5, 5.41) is 11.2. The summed E-state index contributed by atoms with van der Waals surface area (Å²) >= 11 is 0. The summed E-state index contributed by atoms with van der Waals surface area (Å²) in [6.07, 6.45) is 2.08. The molecular formula is C17H24N6O. The molecule has 2 amide bonds. The number of aryl methyl sites for hydroxylation is 1. The minimum atomic E-state index is -0.109. The van der Waals surface area contributed by atoms with Crippen molar-refractivity contribution in [1.82, 2.24) is 25.0 Å². The third-order valence-electron chi connectivity index (χ3n) is 4.30. The van der Waals surface area contributed by atoms with E-state index in [2.05, 4.69) is 37.1 Å². The van der Waals surface area contributed by atoms with Crippen LogP contribution in [-0.4, -0.2) is 46.8 Å². The molecule has 0 unspecified atom stereocenters. The lowest BCUT2D eigenvalue weighted by molar-refractivity contribution is 0.206. The SMILES string of the molecule is CN(Cc1ccc(N(C)C)cc1)C(=O)NCc1nnc2n1CCC2. The fourth-order valence-corrected chi connectivity index (χ4v) is 2.88. The standard InChI is InChI=1S/C17H24N6O/c1-21(2)14-8-6-13(7-9-14)12-22(3)17(24)18-11-16-20-19-15-5-4-10-23(15)16/h6-9H,4-5,10-12H2,1-3H3,(H,18,24). The van der Waals surface area contributed by atoms with E-state index in [0.717, 1.165) is 42.3 Å². The number of carbonyl (C=O) groups excluding carboxylic acids is 1. The monoisotopic (exact) mass is 328 g/mol. The van der Waals surface area contributed by atoms with Crippen molar-refractivity contribution >= 4 is 11.7 Å². The molecule has 7 nitrogen and oxygen atoms in total. The Morgan fingerprint density at radius 1 is 1.21 bits per heavy atom. The minimum Gasteiger partial charge on any atom is -0.378 e. The average molecular weight is 328 g/mol. The van der Waals surface area contributed by atoms with Crippen LogP contribution in [0.1, 0.15) is 23.6 Å². The molecule has 0 atom stereocenters. The Morgan fingerprint density at radius 3 is 2.67 bits per heavy atom. The highest BCUT2D eigenvalue weighted by atomic mass is 16.2. The van der Waals surface area contributed by atoms with Gasteiger partial charge in [0.1, 0.15) is 5.82 Å². The number of benzene rings is 1. The van der Waals surface area contributed by atoms with Gasteiger partial charge in [0.15, 0.2) is 5.82 Å². The lowest BCUT2D eigenvalue weighted by Crippen LogP contribution is -2.37. The number of hydrogen-bond acceptors (Lipinski definition) is 4. The van der Waals surface area contributed by atoms with E-state index in [1.54, 1.807) is 11.9 Å². The van der Waals surface area contributed by atoms with Crippen molar-refractivity contribution in [3.05, 3.63) is 41.5 Å². The van der Waals surface area contributed by atoms with Crippen LogP contribution in [0.15, 0.2) is 24.3 Å². The molecule has 0 fully saturated rings. The van der Waals surface area contributed by atoms with Gasteiger partial charge in [0.25, 0.3) is 0 Å². The van der Waals surface area contributed by atoms with Crippen molar-refractivity contribution < 1.29 is 4.79 Å². The van der Waals surface area contributed by atoms with Gasteiger partial charge in [-0.15, -0.1) is 10.2 Å². The molecule has 7 heteroatoms. The quantitative estimate of drug-likeness (QED) is 0.906. The maximum Gasteiger partial charge on any atom is 0.317 e. The molecule has 3 rings (SSSR count). The molecule has 0 bridgehead atoms. The number of anilines is 1. The number of carbonyl (C=O) groups is 1. The number of fused-ring (bicyclic) bond motifs is 1. The van der Waals surface area contributed by atoms with Crippen LogP contribution >= 0.6 is 0 Å². The molecule has 0 spiro atoms. The highest BCUT2D eigenvalue weighted by molar-refractivity contribution is 5.73. The predicted octanol–water partition coefficient (Wildman–Crippen LogP) is 1.63. The van der Waals surface area contributed by atoms with E-state index in [0.29, 0.717) is 13.1 Å². The van der Waals surface area contributed by atoms with Crippen molar-refractivity contribution in [3.8, 4) is 0 Å². The number of aromatic nitrogens is 3. The molecule has 0 saturated heterocycles. The highest BCUT2D eigenvalue weighted by Gasteiger charge is 2.18. The van der Waals surface area contributed by atoms with Gasteiger partial charge >= 0.3 is 6.03 Å².